The van der Waals surface area contributed by atoms with Crippen molar-refractivity contribution in [2.75, 3.05) is 0 Å². The molecule has 2 aromatic heterocycles. The van der Waals surface area contributed by atoms with Crippen LogP contribution in [0.25, 0.3) is 17.0 Å². The summed E-state index contributed by atoms with van der Waals surface area (Å²) in [6.07, 6.45) is 3.88. The minimum atomic E-state index is -0.462. The first kappa shape index (κ1) is 15.8. The fourth-order valence-electron chi connectivity index (χ4n) is 2.22. The van der Waals surface area contributed by atoms with E-state index in [1.807, 2.05) is 43.3 Å². The lowest BCUT2D eigenvalue weighted by molar-refractivity contribution is -0.139. The maximum absolute atomic E-state index is 11.8. The molecule has 3 aromatic rings. The highest BCUT2D eigenvalue weighted by Crippen LogP contribution is 2.12. The standard InChI is InChI=1S/C17H17N5O2/c1-2-11-22-16(19-20-21-22)12-24-17(23)10-9-14-8-7-13-5-3-4-6-15(13)18-14/h3-10H,2,11-12H2,1H3/b10-9+. The van der Waals surface area contributed by atoms with E-state index in [9.17, 15) is 4.79 Å². The van der Waals surface area contributed by atoms with Gasteiger partial charge < -0.3 is 4.74 Å². The number of ether oxygens (including phenoxy) is 1. The van der Waals surface area contributed by atoms with Crippen LogP contribution in [-0.4, -0.2) is 31.2 Å². The Hall–Kier alpha value is -3.09. The number of hydrogen-bond acceptors (Lipinski definition) is 6. The Kier molecular flexibility index (Phi) is 4.90. The SMILES string of the molecule is CCCn1nnnc1COC(=O)/C=C/c1ccc2ccccc2n1. The molecule has 0 aliphatic carbocycles. The molecule has 0 atom stereocenters. The van der Waals surface area contributed by atoms with Crippen LogP contribution < -0.4 is 0 Å². The molecule has 0 spiro atoms. The van der Waals surface area contributed by atoms with Gasteiger partial charge in [-0.1, -0.05) is 31.2 Å². The minimum Gasteiger partial charge on any atom is -0.454 e. The van der Waals surface area contributed by atoms with Gasteiger partial charge in [-0.2, -0.15) is 0 Å². The van der Waals surface area contributed by atoms with Gasteiger partial charge in [0.15, 0.2) is 12.4 Å². The van der Waals surface area contributed by atoms with E-state index in [2.05, 4.69) is 20.5 Å². The largest absolute Gasteiger partial charge is 0.454 e. The zero-order valence-electron chi connectivity index (χ0n) is 13.3. The molecule has 1 aromatic carbocycles. The third kappa shape index (κ3) is 3.81. The van der Waals surface area contributed by atoms with Crippen LogP contribution in [0.15, 0.2) is 42.5 Å². The first-order valence-corrected chi connectivity index (χ1v) is 7.72. The Morgan fingerprint density at radius 2 is 2.12 bits per heavy atom. The summed E-state index contributed by atoms with van der Waals surface area (Å²) in [5.74, 6) is 0.0680. The molecule has 2 heterocycles. The number of aryl methyl sites for hydroxylation is 1. The quantitative estimate of drug-likeness (QED) is 0.511. The Labute approximate surface area is 139 Å². The Morgan fingerprint density at radius 3 is 3.00 bits per heavy atom. The smallest absolute Gasteiger partial charge is 0.331 e. The molecule has 0 amide bonds. The summed E-state index contributed by atoms with van der Waals surface area (Å²) in [7, 11) is 0. The normalized spacial score (nSPS) is 11.2. The van der Waals surface area contributed by atoms with Gasteiger partial charge in [-0.3, -0.25) is 0 Å². The summed E-state index contributed by atoms with van der Waals surface area (Å²) in [5, 5.41) is 12.3. The predicted molar refractivity (Wildman–Crippen MR) is 88.7 cm³/mol. The molecule has 0 saturated heterocycles. The summed E-state index contributed by atoms with van der Waals surface area (Å²) in [6, 6.07) is 11.6. The first-order valence-electron chi connectivity index (χ1n) is 7.72. The van der Waals surface area contributed by atoms with E-state index in [4.69, 9.17) is 4.74 Å². The van der Waals surface area contributed by atoms with E-state index >= 15 is 0 Å². The van der Waals surface area contributed by atoms with E-state index in [-0.39, 0.29) is 6.61 Å². The topological polar surface area (TPSA) is 82.8 Å². The lowest BCUT2D eigenvalue weighted by Crippen LogP contribution is -2.09. The van der Waals surface area contributed by atoms with Crippen molar-refractivity contribution in [3.05, 3.63) is 54.0 Å². The molecular weight excluding hydrogens is 306 g/mol. The van der Waals surface area contributed by atoms with Crippen LogP contribution in [0.4, 0.5) is 0 Å². The van der Waals surface area contributed by atoms with Crippen molar-refractivity contribution in [1.82, 2.24) is 25.2 Å². The second kappa shape index (κ2) is 7.45. The van der Waals surface area contributed by atoms with Crippen molar-refractivity contribution in [2.45, 2.75) is 26.5 Å². The number of para-hydroxylation sites is 1. The number of esters is 1. The second-order valence-corrected chi connectivity index (χ2v) is 5.19. The summed E-state index contributed by atoms with van der Waals surface area (Å²) in [5.41, 5.74) is 1.58. The summed E-state index contributed by atoms with van der Waals surface area (Å²) in [4.78, 5) is 16.3. The maximum Gasteiger partial charge on any atom is 0.331 e. The molecule has 0 aliphatic heterocycles. The lowest BCUT2D eigenvalue weighted by atomic mass is 10.2. The van der Waals surface area contributed by atoms with Gasteiger partial charge in [0, 0.05) is 18.0 Å². The van der Waals surface area contributed by atoms with Gasteiger partial charge in [0.1, 0.15) is 0 Å². The molecule has 7 heteroatoms. The van der Waals surface area contributed by atoms with Crippen molar-refractivity contribution in [1.29, 1.82) is 0 Å². The summed E-state index contributed by atoms with van der Waals surface area (Å²) < 4.78 is 6.79. The number of hydrogen-bond donors (Lipinski definition) is 0. The third-order valence-corrected chi connectivity index (χ3v) is 3.40. The van der Waals surface area contributed by atoms with Crippen molar-refractivity contribution in [3.8, 4) is 0 Å². The highest BCUT2D eigenvalue weighted by Gasteiger charge is 2.07. The molecule has 122 valence electrons. The maximum atomic E-state index is 11.8. The van der Waals surface area contributed by atoms with Gasteiger partial charge in [0.2, 0.25) is 0 Å². The van der Waals surface area contributed by atoms with Crippen LogP contribution in [0.2, 0.25) is 0 Å². The molecule has 0 aliphatic rings. The zero-order chi connectivity index (χ0) is 16.8. The summed E-state index contributed by atoms with van der Waals surface area (Å²) in [6.45, 7) is 2.76. The zero-order valence-corrected chi connectivity index (χ0v) is 13.3. The molecule has 0 saturated carbocycles. The van der Waals surface area contributed by atoms with Crippen molar-refractivity contribution in [3.63, 3.8) is 0 Å². The van der Waals surface area contributed by atoms with E-state index in [1.165, 1.54) is 6.08 Å². The monoisotopic (exact) mass is 323 g/mol. The number of rotatable bonds is 6. The minimum absolute atomic E-state index is 0.0430. The molecule has 3 rings (SSSR count). The van der Waals surface area contributed by atoms with Crippen molar-refractivity contribution >= 4 is 22.9 Å². The van der Waals surface area contributed by atoms with Crippen LogP contribution in [-0.2, 0) is 22.7 Å². The van der Waals surface area contributed by atoms with E-state index < -0.39 is 5.97 Å². The van der Waals surface area contributed by atoms with Crippen LogP contribution in [0.1, 0.15) is 24.9 Å². The molecular formula is C17H17N5O2. The third-order valence-electron chi connectivity index (χ3n) is 3.40. The number of tetrazole rings is 1. The fourth-order valence-corrected chi connectivity index (χ4v) is 2.22. The number of pyridine rings is 1. The van der Waals surface area contributed by atoms with E-state index in [0.29, 0.717) is 18.1 Å². The van der Waals surface area contributed by atoms with E-state index in [1.54, 1.807) is 10.8 Å². The Balaban J connectivity index is 1.61. The Morgan fingerprint density at radius 1 is 1.25 bits per heavy atom. The molecule has 0 fully saturated rings. The summed E-state index contributed by atoms with van der Waals surface area (Å²) >= 11 is 0. The average Bonchev–Trinajstić information content (AvgIpc) is 3.05. The van der Waals surface area contributed by atoms with Crippen LogP contribution >= 0.6 is 0 Å². The molecule has 0 unspecified atom stereocenters. The van der Waals surface area contributed by atoms with Gasteiger partial charge in [-0.25, -0.2) is 14.5 Å². The van der Waals surface area contributed by atoms with Crippen LogP contribution in [0, 0.1) is 0 Å². The van der Waals surface area contributed by atoms with Gasteiger partial charge in [-0.15, -0.1) is 5.10 Å². The van der Waals surface area contributed by atoms with Crippen LogP contribution in [0.3, 0.4) is 0 Å². The molecule has 7 nitrogen and oxygen atoms in total. The first-order chi connectivity index (χ1) is 11.8. The Bertz CT molecular complexity index is 872. The number of carbonyl (C=O) groups is 1. The highest BCUT2D eigenvalue weighted by atomic mass is 16.5. The average molecular weight is 323 g/mol. The number of carbonyl (C=O) groups excluding carboxylic acids is 1. The number of aromatic nitrogens is 5. The molecule has 0 N–H and O–H groups in total. The second-order valence-electron chi connectivity index (χ2n) is 5.19. The van der Waals surface area contributed by atoms with Gasteiger partial charge in [-0.05, 0) is 35.1 Å². The lowest BCUT2D eigenvalue weighted by Gasteiger charge is -2.03. The van der Waals surface area contributed by atoms with Gasteiger partial charge >= 0.3 is 5.97 Å². The van der Waals surface area contributed by atoms with Crippen molar-refractivity contribution in [2.24, 2.45) is 0 Å². The molecule has 24 heavy (non-hydrogen) atoms. The number of benzene rings is 1. The van der Waals surface area contributed by atoms with Crippen molar-refractivity contribution < 1.29 is 9.53 Å². The van der Waals surface area contributed by atoms with Gasteiger partial charge in [0.25, 0.3) is 0 Å². The predicted octanol–water partition coefficient (Wildman–Crippen LogP) is 2.39. The van der Waals surface area contributed by atoms with E-state index in [0.717, 1.165) is 17.3 Å². The highest BCUT2D eigenvalue weighted by molar-refractivity contribution is 5.87. The van der Waals surface area contributed by atoms with Crippen LogP contribution in [0.5, 0.6) is 0 Å². The number of fused-ring (bicyclic) bond motifs is 1. The molecule has 0 radical (unpaired) electrons. The fraction of sp³-hybridized carbons (Fsp3) is 0.235. The number of nitrogens with zero attached hydrogens (tertiary/aromatic N) is 5. The van der Waals surface area contributed by atoms with Gasteiger partial charge in [0.05, 0.1) is 11.2 Å². The molecule has 0 bridgehead atoms.